The molecule has 0 radical (unpaired) electrons. The molecule has 0 heterocycles. The van der Waals surface area contributed by atoms with Crippen molar-refractivity contribution in [3.63, 3.8) is 0 Å². The predicted molar refractivity (Wildman–Crippen MR) is 128 cm³/mol. The molecule has 178 valence electrons. The van der Waals surface area contributed by atoms with Crippen molar-refractivity contribution in [3.05, 3.63) is 0 Å². The summed E-state index contributed by atoms with van der Waals surface area (Å²) in [6.07, 6.45) is 21.9. The number of alkyl halides is 1. The van der Waals surface area contributed by atoms with Crippen LogP contribution in [0.4, 0.5) is 4.39 Å². The SMILES string of the molecule is CCCCCC1CCC2(CC1)C(=O)C1(CCC(C3CCC(CCCC)CC3)CC1)[C@@H]2F. The molecule has 0 saturated heterocycles. The van der Waals surface area contributed by atoms with Crippen LogP contribution < -0.4 is 0 Å². The fraction of sp³-hybridized carbons (Fsp3) is 0.966. The molecule has 2 spiro atoms. The molecule has 0 bridgehead atoms. The van der Waals surface area contributed by atoms with Gasteiger partial charge in [0.05, 0.1) is 10.8 Å². The van der Waals surface area contributed by atoms with Crippen molar-refractivity contribution in [2.75, 3.05) is 0 Å². The minimum absolute atomic E-state index is 0.362. The summed E-state index contributed by atoms with van der Waals surface area (Å²) in [5, 5.41) is 0. The molecule has 4 aliphatic rings. The second-order valence-electron chi connectivity index (χ2n) is 12.2. The maximum Gasteiger partial charge on any atom is 0.151 e. The zero-order chi connectivity index (χ0) is 21.9. The van der Waals surface area contributed by atoms with Crippen LogP contribution in [0.5, 0.6) is 0 Å². The van der Waals surface area contributed by atoms with E-state index in [4.69, 9.17) is 0 Å². The highest BCUT2D eigenvalue weighted by Gasteiger charge is 2.71. The highest BCUT2D eigenvalue weighted by atomic mass is 19.1. The molecular formula is C29H49FO. The van der Waals surface area contributed by atoms with Gasteiger partial charge in [-0.05, 0) is 87.9 Å². The third kappa shape index (κ3) is 4.52. The largest absolute Gasteiger partial charge is 0.298 e. The van der Waals surface area contributed by atoms with Gasteiger partial charge in [0.15, 0.2) is 5.78 Å². The van der Waals surface area contributed by atoms with Crippen molar-refractivity contribution in [1.29, 1.82) is 0 Å². The summed E-state index contributed by atoms with van der Waals surface area (Å²) < 4.78 is 15.8. The third-order valence-electron chi connectivity index (χ3n) is 10.5. The van der Waals surface area contributed by atoms with E-state index in [0.717, 1.165) is 75.0 Å². The van der Waals surface area contributed by atoms with E-state index in [1.54, 1.807) is 0 Å². The number of halogens is 1. The maximum atomic E-state index is 15.8. The third-order valence-corrected chi connectivity index (χ3v) is 10.5. The summed E-state index contributed by atoms with van der Waals surface area (Å²) in [5.41, 5.74) is -1.13. The Balaban J connectivity index is 1.24. The van der Waals surface area contributed by atoms with Crippen LogP contribution in [0, 0.1) is 34.5 Å². The van der Waals surface area contributed by atoms with Gasteiger partial charge in [0.1, 0.15) is 6.17 Å². The number of Topliss-reactive ketones (excluding diaryl/α,β-unsaturated/α-hetero) is 1. The smallest absolute Gasteiger partial charge is 0.151 e. The van der Waals surface area contributed by atoms with Crippen LogP contribution in [0.25, 0.3) is 0 Å². The second kappa shape index (κ2) is 10.3. The molecule has 1 nitrogen and oxygen atoms in total. The molecule has 0 aromatic rings. The molecule has 0 aromatic carbocycles. The summed E-state index contributed by atoms with van der Waals surface area (Å²) in [6, 6.07) is 0. The summed E-state index contributed by atoms with van der Waals surface area (Å²) in [4.78, 5) is 13.5. The number of ketones is 1. The normalized spacial score (nSPS) is 43.3. The molecule has 0 unspecified atom stereocenters. The number of hydrogen-bond acceptors (Lipinski definition) is 1. The molecule has 4 saturated carbocycles. The van der Waals surface area contributed by atoms with Crippen LogP contribution in [-0.2, 0) is 4.79 Å². The summed E-state index contributed by atoms with van der Waals surface area (Å²) in [7, 11) is 0. The van der Waals surface area contributed by atoms with Gasteiger partial charge < -0.3 is 0 Å². The van der Waals surface area contributed by atoms with Crippen molar-refractivity contribution in [3.8, 4) is 0 Å². The van der Waals surface area contributed by atoms with Crippen molar-refractivity contribution >= 4 is 5.78 Å². The van der Waals surface area contributed by atoms with E-state index in [-0.39, 0.29) is 0 Å². The van der Waals surface area contributed by atoms with Gasteiger partial charge in [0.25, 0.3) is 0 Å². The number of rotatable bonds is 8. The Morgan fingerprint density at radius 3 is 1.71 bits per heavy atom. The minimum atomic E-state index is -0.838. The van der Waals surface area contributed by atoms with E-state index in [1.807, 2.05) is 0 Å². The number of carbonyl (C=O) groups is 1. The molecule has 0 amide bonds. The number of carbonyl (C=O) groups excluding carboxylic acids is 1. The standard InChI is InChI=1S/C29H49FO/c1-3-5-7-9-23-14-18-28(19-15-23)26(30)29(27(28)31)20-16-25(17-21-29)24-12-10-22(11-13-24)8-6-4-2/h22-26H,3-21H2,1-2H3/t22?,23?,24?,25?,26-,28?,29?/m1/s1. The van der Waals surface area contributed by atoms with Crippen LogP contribution in [0.1, 0.15) is 136 Å². The van der Waals surface area contributed by atoms with E-state index in [2.05, 4.69) is 13.8 Å². The van der Waals surface area contributed by atoms with Gasteiger partial charge >= 0.3 is 0 Å². The Bertz CT molecular complexity index is 574. The quantitative estimate of drug-likeness (QED) is 0.350. The van der Waals surface area contributed by atoms with Crippen LogP contribution in [0.3, 0.4) is 0 Å². The second-order valence-corrected chi connectivity index (χ2v) is 12.2. The molecule has 4 rings (SSSR count). The zero-order valence-corrected chi connectivity index (χ0v) is 20.6. The molecule has 1 atom stereocenters. The van der Waals surface area contributed by atoms with E-state index < -0.39 is 17.0 Å². The van der Waals surface area contributed by atoms with Crippen LogP contribution in [0.2, 0.25) is 0 Å². The summed E-state index contributed by atoms with van der Waals surface area (Å²) in [6.45, 7) is 4.55. The highest BCUT2D eigenvalue weighted by molar-refractivity contribution is 5.98. The van der Waals surface area contributed by atoms with Crippen LogP contribution in [-0.4, -0.2) is 12.0 Å². The average Bonchev–Trinajstić information content (AvgIpc) is 2.83. The first-order valence-corrected chi connectivity index (χ1v) is 14.2. The Morgan fingerprint density at radius 1 is 0.677 bits per heavy atom. The molecule has 0 N–H and O–H groups in total. The van der Waals surface area contributed by atoms with Gasteiger partial charge in [-0.2, -0.15) is 0 Å². The average molecular weight is 433 g/mol. The molecule has 2 heteroatoms. The van der Waals surface area contributed by atoms with Crippen LogP contribution >= 0.6 is 0 Å². The molecular weight excluding hydrogens is 383 g/mol. The Morgan fingerprint density at radius 2 is 1.16 bits per heavy atom. The van der Waals surface area contributed by atoms with Crippen LogP contribution in [0.15, 0.2) is 0 Å². The van der Waals surface area contributed by atoms with Crippen molar-refractivity contribution in [2.24, 2.45) is 34.5 Å². The molecule has 0 aromatic heterocycles. The lowest BCUT2D eigenvalue weighted by atomic mass is 9.41. The Labute approximate surface area is 191 Å². The lowest BCUT2D eigenvalue weighted by Gasteiger charge is -2.61. The van der Waals surface area contributed by atoms with Gasteiger partial charge in [-0.25, -0.2) is 4.39 Å². The van der Waals surface area contributed by atoms with Crippen molar-refractivity contribution < 1.29 is 9.18 Å². The number of hydrogen-bond donors (Lipinski definition) is 0. The van der Waals surface area contributed by atoms with Crippen molar-refractivity contribution in [2.45, 2.75) is 142 Å². The summed E-state index contributed by atoms with van der Waals surface area (Å²) >= 11 is 0. The minimum Gasteiger partial charge on any atom is -0.298 e. The Kier molecular flexibility index (Phi) is 7.85. The van der Waals surface area contributed by atoms with Gasteiger partial charge in [0, 0.05) is 0 Å². The molecule has 4 fully saturated rings. The first kappa shape index (κ1) is 23.7. The molecule has 31 heavy (non-hydrogen) atoms. The van der Waals surface area contributed by atoms with E-state index in [9.17, 15) is 4.79 Å². The van der Waals surface area contributed by atoms with E-state index in [0.29, 0.717) is 5.78 Å². The van der Waals surface area contributed by atoms with Gasteiger partial charge in [-0.3, -0.25) is 4.79 Å². The fourth-order valence-electron chi connectivity index (χ4n) is 8.37. The number of unbranched alkanes of at least 4 members (excludes halogenated alkanes) is 3. The highest BCUT2D eigenvalue weighted by Crippen LogP contribution is 2.66. The van der Waals surface area contributed by atoms with Gasteiger partial charge in [-0.15, -0.1) is 0 Å². The first-order chi connectivity index (χ1) is 15.1. The Hall–Kier alpha value is -0.400. The predicted octanol–water partition coefficient (Wildman–Crippen LogP) is 8.84. The lowest BCUT2D eigenvalue weighted by Crippen LogP contribution is -2.69. The fourth-order valence-corrected chi connectivity index (χ4v) is 8.37. The molecule has 4 aliphatic carbocycles. The van der Waals surface area contributed by atoms with Crippen molar-refractivity contribution in [1.82, 2.24) is 0 Å². The summed E-state index contributed by atoms with van der Waals surface area (Å²) in [5.74, 6) is 3.70. The maximum absolute atomic E-state index is 15.8. The molecule has 0 aliphatic heterocycles. The first-order valence-electron chi connectivity index (χ1n) is 14.2. The van der Waals surface area contributed by atoms with Gasteiger partial charge in [-0.1, -0.05) is 71.6 Å². The van der Waals surface area contributed by atoms with Gasteiger partial charge in [0.2, 0.25) is 0 Å². The monoisotopic (exact) mass is 432 g/mol. The topological polar surface area (TPSA) is 17.1 Å². The van der Waals surface area contributed by atoms with E-state index >= 15 is 4.39 Å². The lowest BCUT2D eigenvalue weighted by molar-refractivity contribution is -0.194. The van der Waals surface area contributed by atoms with E-state index in [1.165, 1.54) is 70.6 Å². The zero-order valence-electron chi connectivity index (χ0n) is 20.6.